The molecule has 0 saturated carbocycles. The van der Waals surface area contributed by atoms with E-state index in [9.17, 15) is 0 Å². The summed E-state index contributed by atoms with van der Waals surface area (Å²) < 4.78 is 5.36. The Balaban J connectivity index is 2.37. The number of rotatable bonds is 1. The lowest BCUT2D eigenvalue weighted by atomic mass is 9.99. The van der Waals surface area contributed by atoms with Crippen LogP contribution in [0, 0.1) is 0 Å². The molecule has 1 atom stereocenters. The van der Waals surface area contributed by atoms with Crippen LogP contribution in [0.25, 0.3) is 0 Å². The maximum atomic E-state index is 5.36. The molecule has 1 N–H and O–H groups in total. The maximum Gasteiger partial charge on any atom is 0.0948 e. The summed E-state index contributed by atoms with van der Waals surface area (Å²) in [6.07, 6.45) is 0.231. The van der Waals surface area contributed by atoms with Crippen LogP contribution < -0.4 is 5.32 Å². The van der Waals surface area contributed by atoms with Crippen molar-refractivity contribution in [2.45, 2.75) is 12.6 Å². The number of nitrogens with one attached hydrogen (secondary N) is 1. The van der Waals surface area contributed by atoms with Crippen molar-refractivity contribution in [1.82, 2.24) is 5.32 Å². The molecule has 0 radical (unpaired) electrons. The van der Waals surface area contributed by atoms with E-state index in [1.165, 1.54) is 11.1 Å². The van der Waals surface area contributed by atoms with Gasteiger partial charge in [-0.15, -0.1) is 0 Å². The van der Waals surface area contributed by atoms with Gasteiger partial charge in [-0.3, -0.25) is 0 Å². The summed E-state index contributed by atoms with van der Waals surface area (Å²) in [6.45, 7) is 1.89. The molecule has 0 spiro atoms. The van der Waals surface area contributed by atoms with E-state index in [0.29, 0.717) is 0 Å². The first-order chi connectivity index (χ1) is 5.92. The molecule has 12 heavy (non-hydrogen) atoms. The smallest absolute Gasteiger partial charge is 0.0948 e. The molecule has 1 aliphatic rings. The minimum absolute atomic E-state index is 0.231. The van der Waals surface area contributed by atoms with Crippen LogP contribution in [0.3, 0.4) is 0 Å². The second-order valence-electron chi connectivity index (χ2n) is 3.05. The van der Waals surface area contributed by atoms with Gasteiger partial charge in [-0.2, -0.15) is 0 Å². The number of fused-ring (bicyclic) bond motifs is 1. The van der Waals surface area contributed by atoms with E-state index in [1.807, 2.05) is 0 Å². The van der Waals surface area contributed by atoms with Gasteiger partial charge in [-0.1, -0.05) is 24.3 Å². The SMILES string of the molecule is CO[C@H]1CNCc2ccccc21. The number of hydrogen-bond acceptors (Lipinski definition) is 2. The maximum absolute atomic E-state index is 5.36. The minimum atomic E-state index is 0.231. The highest BCUT2D eigenvalue weighted by atomic mass is 16.5. The molecule has 0 fully saturated rings. The van der Waals surface area contributed by atoms with Crippen LogP contribution in [0.2, 0.25) is 0 Å². The van der Waals surface area contributed by atoms with E-state index in [4.69, 9.17) is 4.74 Å². The largest absolute Gasteiger partial charge is 0.375 e. The number of methoxy groups -OCH3 is 1. The van der Waals surface area contributed by atoms with E-state index < -0.39 is 0 Å². The van der Waals surface area contributed by atoms with Gasteiger partial charge in [0.2, 0.25) is 0 Å². The number of ether oxygens (including phenoxy) is 1. The number of benzene rings is 1. The second kappa shape index (κ2) is 3.25. The summed E-state index contributed by atoms with van der Waals surface area (Å²) in [6, 6.07) is 8.42. The van der Waals surface area contributed by atoms with Crippen molar-refractivity contribution in [2.75, 3.05) is 13.7 Å². The highest BCUT2D eigenvalue weighted by Crippen LogP contribution is 2.23. The Morgan fingerprint density at radius 3 is 3.08 bits per heavy atom. The third kappa shape index (κ3) is 1.24. The molecular weight excluding hydrogens is 150 g/mol. The first kappa shape index (κ1) is 7.77. The van der Waals surface area contributed by atoms with Gasteiger partial charge in [0.1, 0.15) is 0 Å². The third-order valence-electron chi connectivity index (χ3n) is 2.33. The molecule has 2 rings (SSSR count). The molecule has 0 aromatic heterocycles. The molecule has 0 amide bonds. The Labute approximate surface area is 72.5 Å². The van der Waals surface area contributed by atoms with Gasteiger partial charge in [-0.25, -0.2) is 0 Å². The lowest BCUT2D eigenvalue weighted by molar-refractivity contribution is 0.0955. The summed E-state index contributed by atoms with van der Waals surface area (Å²) in [7, 11) is 1.76. The molecule has 1 heterocycles. The van der Waals surface area contributed by atoms with Gasteiger partial charge >= 0.3 is 0 Å². The average molecular weight is 163 g/mol. The van der Waals surface area contributed by atoms with Crippen molar-refractivity contribution in [1.29, 1.82) is 0 Å². The molecule has 0 unspecified atom stereocenters. The fourth-order valence-electron chi connectivity index (χ4n) is 1.67. The van der Waals surface area contributed by atoms with Gasteiger partial charge in [0, 0.05) is 20.2 Å². The van der Waals surface area contributed by atoms with Crippen LogP contribution in [0.5, 0.6) is 0 Å². The number of hydrogen-bond donors (Lipinski definition) is 1. The predicted octanol–water partition coefficient (Wildman–Crippen LogP) is 1.48. The van der Waals surface area contributed by atoms with Crippen molar-refractivity contribution in [3.05, 3.63) is 35.4 Å². The lowest BCUT2D eigenvalue weighted by Crippen LogP contribution is -2.28. The van der Waals surface area contributed by atoms with Crippen molar-refractivity contribution in [2.24, 2.45) is 0 Å². The van der Waals surface area contributed by atoms with Gasteiger partial charge in [-0.05, 0) is 11.1 Å². The molecule has 2 heteroatoms. The Morgan fingerprint density at radius 2 is 2.25 bits per heavy atom. The van der Waals surface area contributed by atoms with Crippen molar-refractivity contribution in [3.8, 4) is 0 Å². The molecule has 2 nitrogen and oxygen atoms in total. The predicted molar refractivity (Wildman–Crippen MR) is 47.9 cm³/mol. The molecule has 0 saturated heterocycles. The first-order valence-electron chi connectivity index (χ1n) is 4.23. The van der Waals surface area contributed by atoms with Gasteiger partial charge < -0.3 is 10.1 Å². The van der Waals surface area contributed by atoms with E-state index >= 15 is 0 Å². The Kier molecular flexibility index (Phi) is 2.11. The monoisotopic (exact) mass is 163 g/mol. The summed E-state index contributed by atoms with van der Waals surface area (Å²) in [5, 5.41) is 3.32. The van der Waals surface area contributed by atoms with E-state index in [2.05, 4.69) is 29.6 Å². The summed E-state index contributed by atoms with van der Waals surface area (Å²) in [4.78, 5) is 0. The van der Waals surface area contributed by atoms with Crippen LogP contribution in [-0.2, 0) is 11.3 Å². The van der Waals surface area contributed by atoms with Crippen LogP contribution in [0.4, 0.5) is 0 Å². The fraction of sp³-hybridized carbons (Fsp3) is 0.400. The van der Waals surface area contributed by atoms with Crippen molar-refractivity contribution < 1.29 is 4.74 Å². The highest BCUT2D eigenvalue weighted by molar-refractivity contribution is 5.31. The summed E-state index contributed by atoms with van der Waals surface area (Å²) >= 11 is 0. The molecule has 0 aliphatic carbocycles. The zero-order valence-electron chi connectivity index (χ0n) is 7.21. The minimum Gasteiger partial charge on any atom is -0.375 e. The molecule has 1 aromatic rings. The van der Waals surface area contributed by atoms with E-state index in [1.54, 1.807) is 7.11 Å². The van der Waals surface area contributed by atoms with Crippen LogP contribution in [0.15, 0.2) is 24.3 Å². The third-order valence-corrected chi connectivity index (χ3v) is 2.33. The molecule has 1 aromatic carbocycles. The highest BCUT2D eigenvalue weighted by Gasteiger charge is 2.17. The van der Waals surface area contributed by atoms with Crippen LogP contribution >= 0.6 is 0 Å². The van der Waals surface area contributed by atoms with Crippen LogP contribution in [-0.4, -0.2) is 13.7 Å². The zero-order chi connectivity index (χ0) is 8.39. The van der Waals surface area contributed by atoms with Crippen molar-refractivity contribution >= 4 is 0 Å². The van der Waals surface area contributed by atoms with E-state index in [0.717, 1.165) is 13.1 Å². The fourth-order valence-corrected chi connectivity index (χ4v) is 1.67. The Bertz CT molecular complexity index is 272. The Morgan fingerprint density at radius 1 is 1.42 bits per heavy atom. The quantitative estimate of drug-likeness (QED) is 0.677. The van der Waals surface area contributed by atoms with E-state index in [-0.39, 0.29) is 6.10 Å². The normalized spacial score (nSPS) is 21.9. The Hall–Kier alpha value is -0.860. The average Bonchev–Trinajstić information content (AvgIpc) is 2.17. The van der Waals surface area contributed by atoms with Gasteiger partial charge in [0.15, 0.2) is 0 Å². The topological polar surface area (TPSA) is 21.3 Å². The van der Waals surface area contributed by atoms with Gasteiger partial charge in [0.25, 0.3) is 0 Å². The second-order valence-corrected chi connectivity index (χ2v) is 3.05. The van der Waals surface area contributed by atoms with Crippen molar-refractivity contribution in [3.63, 3.8) is 0 Å². The first-order valence-corrected chi connectivity index (χ1v) is 4.23. The molecule has 0 bridgehead atoms. The summed E-state index contributed by atoms with van der Waals surface area (Å²) in [5.41, 5.74) is 2.69. The zero-order valence-corrected chi connectivity index (χ0v) is 7.21. The lowest BCUT2D eigenvalue weighted by Gasteiger charge is -2.24. The molecule has 64 valence electrons. The molecular formula is C10H13NO. The standard InChI is InChI=1S/C10H13NO/c1-12-10-7-11-6-8-4-2-3-5-9(8)10/h2-5,10-11H,6-7H2,1H3/t10-/m0/s1. The molecule has 1 aliphatic heterocycles. The summed E-state index contributed by atoms with van der Waals surface area (Å²) in [5.74, 6) is 0. The van der Waals surface area contributed by atoms with Gasteiger partial charge in [0.05, 0.1) is 6.10 Å². The van der Waals surface area contributed by atoms with Crippen LogP contribution in [0.1, 0.15) is 17.2 Å².